The van der Waals surface area contributed by atoms with Crippen molar-refractivity contribution in [1.29, 1.82) is 0 Å². The van der Waals surface area contributed by atoms with Crippen LogP contribution >= 0.6 is 11.8 Å². The molecule has 3 rings (SSSR count). The Morgan fingerprint density at radius 2 is 1.64 bits per heavy atom. The second-order valence-electron chi connectivity index (χ2n) is 8.56. The molecule has 0 radical (unpaired) electrons. The van der Waals surface area contributed by atoms with Crippen molar-refractivity contribution in [1.82, 2.24) is 4.90 Å². The van der Waals surface area contributed by atoms with Gasteiger partial charge in [0.15, 0.2) is 0 Å². The van der Waals surface area contributed by atoms with E-state index >= 15 is 0 Å². The van der Waals surface area contributed by atoms with E-state index in [-0.39, 0.29) is 11.3 Å². The highest BCUT2D eigenvalue weighted by Crippen LogP contribution is 2.42. The van der Waals surface area contributed by atoms with Crippen molar-refractivity contribution in [3.8, 4) is 5.75 Å². The number of hydrogen-bond acceptors (Lipinski definition) is 4. The van der Waals surface area contributed by atoms with Gasteiger partial charge < -0.3 is 14.7 Å². The maximum absolute atomic E-state index is 13.0. The molecule has 0 aliphatic carbocycles. The highest BCUT2D eigenvalue weighted by Gasteiger charge is 2.41. The van der Waals surface area contributed by atoms with Crippen LogP contribution < -0.4 is 4.74 Å². The van der Waals surface area contributed by atoms with Crippen molar-refractivity contribution < 1.29 is 19.4 Å². The maximum Gasteiger partial charge on any atom is 0.327 e. The Kier molecular flexibility index (Phi) is 10.1. The number of carboxylic acid groups (broad SMARTS) is 1. The van der Waals surface area contributed by atoms with Gasteiger partial charge in [-0.25, -0.2) is 4.79 Å². The molecule has 2 aromatic carbocycles. The predicted molar refractivity (Wildman–Crippen MR) is 133 cm³/mol. The van der Waals surface area contributed by atoms with E-state index in [1.165, 1.54) is 37.4 Å². The van der Waals surface area contributed by atoms with Crippen LogP contribution in [0.2, 0.25) is 0 Å². The van der Waals surface area contributed by atoms with Gasteiger partial charge in [-0.15, -0.1) is 11.8 Å². The second-order valence-corrected chi connectivity index (χ2v) is 9.67. The zero-order chi connectivity index (χ0) is 23.5. The Balaban J connectivity index is 1.57. The molecule has 0 bridgehead atoms. The average molecular weight is 470 g/mol. The number of ether oxygens (including phenoxy) is 1. The van der Waals surface area contributed by atoms with E-state index in [9.17, 15) is 14.7 Å². The van der Waals surface area contributed by atoms with Gasteiger partial charge >= 0.3 is 5.97 Å². The smallest absolute Gasteiger partial charge is 0.327 e. The molecule has 6 heteroatoms. The van der Waals surface area contributed by atoms with Crippen molar-refractivity contribution in [3.63, 3.8) is 0 Å². The van der Waals surface area contributed by atoms with Crippen LogP contribution in [0.25, 0.3) is 0 Å². The fourth-order valence-corrected chi connectivity index (χ4v) is 5.53. The second kappa shape index (κ2) is 13.3. The summed E-state index contributed by atoms with van der Waals surface area (Å²) in [4.78, 5) is 26.4. The summed E-state index contributed by atoms with van der Waals surface area (Å²) >= 11 is 1.52. The molecule has 1 N–H and O–H groups in total. The van der Waals surface area contributed by atoms with Gasteiger partial charge in [0.1, 0.15) is 23.8 Å². The van der Waals surface area contributed by atoms with Crippen LogP contribution in [0.1, 0.15) is 74.8 Å². The molecule has 1 amide bonds. The minimum Gasteiger partial charge on any atom is -0.489 e. The standard InChI is InChI=1S/C27H35NO4S/c1-2-3-4-5-6-7-11-14-25(29)28-24(27(30)31)20-33-26(28)22-15-17-23(18-16-22)32-19-21-12-9-8-10-13-21/h8-10,12-13,15-18,24,26H,2-7,11,14,19-20H2,1H3,(H,30,31). The molecular formula is C27H35NO4S. The Morgan fingerprint density at radius 3 is 2.30 bits per heavy atom. The van der Waals surface area contributed by atoms with Crippen LogP contribution in [-0.4, -0.2) is 33.7 Å². The summed E-state index contributed by atoms with van der Waals surface area (Å²) < 4.78 is 5.86. The molecule has 1 heterocycles. The third-order valence-corrected chi connectivity index (χ3v) is 7.30. The Labute approximate surface area is 201 Å². The van der Waals surface area contributed by atoms with Gasteiger partial charge in [0.05, 0.1) is 0 Å². The van der Waals surface area contributed by atoms with Gasteiger partial charge in [-0.3, -0.25) is 4.79 Å². The van der Waals surface area contributed by atoms with Gasteiger partial charge in [0.2, 0.25) is 5.91 Å². The van der Waals surface area contributed by atoms with E-state index in [1.54, 1.807) is 4.90 Å². The SMILES string of the molecule is CCCCCCCCCC(=O)N1C(C(=O)O)CSC1c1ccc(OCc2ccccc2)cc1. The van der Waals surface area contributed by atoms with Crippen molar-refractivity contribution in [2.45, 2.75) is 76.3 Å². The average Bonchev–Trinajstić information content (AvgIpc) is 3.29. The van der Waals surface area contributed by atoms with Gasteiger partial charge in [-0.2, -0.15) is 0 Å². The van der Waals surface area contributed by atoms with Gasteiger partial charge in [-0.1, -0.05) is 87.9 Å². The van der Waals surface area contributed by atoms with Crippen LogP contribution in [0.5, 0.6) is 5.75 Å². The lowest BCUT2D eigenvalue weighted by molar-refractivity contribution is -0.149. The monoisotopic (exact) mass is 469 g/mol. The number of unbranched alkanes of at least 4 members (excludes halogenated alkanes) is 6. The van der Waals surface area contributed by atoms with Gasteiger partial charge in [0, 0.05) is 12.2 Å². The lowest BCUT2D eigenvalue weighted by atomic mass is 10.1. The molecule has 178 valence electrons. The largest absolute Gasteiger partial charge is 0.489 e. The highest BCUT2D eigenvalue weighted by molar-refractivity contribution is 7.99. The van der Waals surface area contributed by atoms with E-state index in [1.807, 2.05) is 54.6 Å². The van der Waals surface area contributed by atoms with E-state index in [2.05, 4.69) is 6.92 Å². The molecule has 33 heavy (non-hydrogen) atoms. The third-order valence-electron chi connectivity index (χ3n) is 5.98. The number of carbonyl (C=O) groups is 2. The van der Waals surface area contributed by atoms with Crippen molar-refractivity contribution in [3.05, 3.63) is 65.7 Å². The Bertz CT molecular complexity index is 871. The van der Waals surface area contributed by atoms with Crippen LogP contribution in [0.15, 0.2) is 54.6 Å². The Morgan fingerprint density at radius 1 is 0.970 bits per heavy atom. The molecule has 1 aliphatic heterocycles. The number of benzene rings is 2. The van der Waals surface area contributed by atoms with Crippen LogP contribution in [-0.2, 0) is 16.2 Å². The maximum atomic E-state index is 13.0. The summed E-state index contributed by atoms with van der Waals surface area (Å²) in [6, 6.07) is 16.9. The first-order valence-electron chi connectivity index (χ1n) is 12.0. The number of carbonyl (C=O) groups excluding carboxylic acids is 1. The third kappa shape index (κ3) is 7.53. The topological polar surface area (TPSA) is 66.8 Å². The molecule has 0 spiro atoms. The van der Waals surface area contributed by atoms with Crippen LogP contribution in [0.3, 0.4) is 0 Å². The van der Waals surface area contributed by atoms with E-state index in [0.29, 0.717) is 18.8 Å². The molecule has 1 aliphatic rings. The summed E-state index contributed by atoms with van der Waals surface area (Å²) in [5, 5.41) is 9.41. The number of nitrogens with zero attached hydrogens (tertiary/aromatic N) is 1. The van der Waals surface area contributed by atoms with Gasteiger partial charge in [-0.05, 0) is 29.7 Å². The molecule has 1 saturated heterocycles. The predicted octanol–water partition coefficient (Wildman–Crippen LogP) is 6.43. The van der Waals surface area contributed by atoms with Crippen molar-refractivity contribution >= 4 is 23.6 Å². The van der Waals surface area contributed by atoms with E-state index in [0.717, 1.165) is 36.1 Å². The summed E-state index contributed by atoms with van der Waals surface area (Å²) in [6.45, 7) is 2.69. The number of thioether (sulfide) groups is 1. The van der Waals surface area contributed by atoms with E-state index in [4.69, 9.17) is 4.74 Å². The van der Waals surface area contributed by atoms with Crippen molar-refractivity contribution in [2.75, 3.05) is 5.75 Å². The Hall–Kier alpha value is -2.47. The summed E-state index contributed by atoms with van der Waals surface area (Å²) in [5.41, 5.74) is 2.03. The molecule has 0 saturated carbocycles. The fraction of sp³-hybridized carbons (Fsp3) is 0.481. The zero-order valence-electron chi connectivity index (χ0n) is 19.4. The summed E-state index contributed by atoms with van der Waals surface area (Å²) in [6.07, 6.45) is 8.34. The van der Waals surface area contributed by atoms with Crippen molar-refractivity contribution in [2.24, 2.45) is 0 Å². The summed E-state index contributed by atoms with van der Waals surface area (Å²) in [7, 11) is 0. The number of carboxylic acids is 1. The number of amides is 1. The first-order valence-corrected chi connectivity index (χ1v) is 13.1. The lowest BCUT2D eigenvalue weighted by Gasteiger charge is -2.28. The molecular weight excluding hydrogens is 434 g/mol. The number of rotatable bonds is 13. The first-order chi connectivity index (χ1) is 16.1. The molecule has 2 unspecified atom stereocenters. The van der Waals surface area contributed by atoms with Gasteiger partial charge in [0.25, 0.3) is 0 Å². The molecule has 2 atom stereocenters. The van der Waals surface area contributed by atoms with E-state index < -0.39 is 12.0 Å². The zero-order valence-corrected chi connectivity index (χ0v) is 20.3. The highest BCUT2D eigenvalue weighted by atomic mass is 32.2. The van der Waals surface area contributed by atoms with Crippen LogP contribution in [0.4, 0.5) is 0 Å². The lowest BCUT2D eigenvalue weighted by Crippen LogP contribution is -2.42. The summed E-state index contributed by atoms with van der Waals surface area (Å²) in [5.74, 6) is 0.173. The molecule has 2 aromatic rings. The first kappa shape index (κ1) is 25.2. The minimum atomic E-state index is -0.930. The number of aliphatic carboxylic acids is 1. The van der Waals surface area contributed by atoms with Crippen LogP contribution in [0, 0.1) is 0 Å². The molecule has 1 fully saturated rings. The fourth-order valence-electron chi connectivity index (χ4n) is 4.09. The minimum absolute atomic E-state index is 0.0598. The molecule has 5 nitrogen and oxygen atoms in total. The molecule has 0 aromatic heterocycles. The normalized spacial score (nSPS) is 17.8. The quantitative estimate of drug-likeness (QED) is 0.342. The number of hydrogen-bond donors (Lipinski definition) is 1.